The molecule has 1 aromatic heterocycles. The summed E-state index contributed by atoms with van der Waals surface area (Å²) in [6.45, 7) is 0.787. The predicted molar refractivity (Wildman–Crippen MR) is 70.9 cm³/mol. The number of rotatable bonds is 6. The van der Waals surface area contributed by atoms with Gasteiger partial charge in [-0.1, -0.05) is 11.6 Å². The normalized spacial score (nSPS) is 10.6. The molecule has 6 heteroatoms. The van der Waals surface area contributed by atoms with Crippen molar-refractivity contribution in [1.82, 2.24) is 10.3 Å². The first-order chi connectivity index (χ1) is 9.15. The molecule has 1 heterocycles. The van der Waals surface area contributed by atoms with E-state index in [4.69, 9.17) is 21.1 Å². The van der Waals surface area contributed by atoms with Crippen LogP contribution < -0.4 is 5.32 Å². The van der Waals surface area contributed by atoms with Crippen molar-refractivity contribution in [3.63, 3.8) is 0 Å². The molecule has 2 aromatic rings. The molecule has 0 amide bonds. The van der Waals surface area contributed by atoms with Gasteiger partial charge >= 0.3 is 5.97 Å². The first kappa shape index (κ1) is 13.6. The van der Waals surface area contributed by atoms with Crippen LogP contribution in [0.4, 0.5) is 0 Å². The lowest BCUT2D eigenvalue weighted by Gasteiger charge is -1.99. The molecule has 0 aliphatic heterocycles. The lowest BCUT2D eigenvalue weighted by Crippen LogP contribution is -2.17. The minimum atomic E-state index is -0.832. The summed E-state index contributed by atoms with van der Waals surface area (Å²) in [6, 6.07) is 7.27. The average molecular weight is 281 g/mol. The van der Waals surface area contributed by atoms with E-state index in [0.717, 1.165) is 5.56 Å². The highest BCUT2D eigenvalue weighted by atomic mass is 35.5. The topological polar surface area (TPSA) is 75.4 Å². The third kappa shape index (κ3) is 4.08. The van der Waals surface area contributed by atoms with Crippen LogP contribution in [0.2, 0.25) is 5.02 Å². The maximum atomic E-state index is 10.3. The van der Waals surface area contributed by atoms with Crippen LogP contribution in [0.1, 0.15) is 12.3 Å². The third-order valence-electron chi connectivity index (χ3n) is 2.47. The molecule has 0 saturated heterocycles. The minimum absolute atomic E-state index is 0.0742. The van der Waals surface area contributed by atoms with Gasteiger partial charge in [-0.15, -0.1) is 0 Å². The number of halogens is 1. The second-order valence-electron chi connectivity index (χ2n) is 3.95. The number of aliphatic carboxylic acids is 1. The van der Waals surface area contributed by atoms with Gasteiger partial charge in [-0.2, -0.15) is 0 Å². The molecule has 1 aromatic carbocycles. The molecule has 0 unspecified atom stereocenters. The second kappa shape index (κ2) is 6.36. The largest absolute Gasteiger partial charge is 0.481 e. The average Bonchev–Trinajstić information content (AvgIpc) is 2.84. The van der Waals surface area contributed by atoms with Gasteiger partial charge in [0.05, 0.1) is 19.2 Å². The van der Waals surface area contributed by atoms with E-state index in [2.05, 4.69) is 10.3 Å². The smallest absolute Gasteiger partial charge is 0.304 e. The fourth-order valence-corrected chi connectivity index (χ4v) is 1.66. The van der Waals surface area contributed by atoms with Crippen LogP contribution in [0.3, 0.4) is 0 Å². The van der Waals surface area contributed by atoms with Gasteiger partial charge in [0.2, 0.25) is 5.89 Å². The Morgan fingerprint density at radius 3 is 2.79 bits per heavy atom. The summed E-state index contributed by atoms with van der Waals surface area (Å²) in [5.41, 5.74) is 0.897. The zero-order chi connectivity index (χ0) is 13.7. The zero-order valence-corrected chi connectivity index (χ0v) is 10.9. The highest BCUT2D eigenvalue weighted by Crippen LogP contribution is 2.22. The van der Waals surface area contributed by atoms with Crippen molar-refractivity contribution in [3.8, 4) is 11.3 Å². The Balaban J connectivity index is 1.91. The SMILES string of the molecule is O=C(O)CCNCc1ncc(-c2ccc(Cl)cc2)o1. The summed E-state index contributed by atoms with van der Waals surface area (Å²) in [5, 5.41) is 12.1. The van der Waals surface area contributed by atoms with E-state index in [1.165, 1.54) is 0 Å². The Bertz CT molecular complexity index is 551. The van der Waals surface area contributed by atoms with E-state index in [1.54, 1.807) is 18.3 Å². The summed E-state index contributed by atoms with van der Waals surface area (Å²) >= 11 is 5.81. The number of nitrogens with zero attached hydrogens (tertiary/aromatic N) is 1. The Morgan fingerprint density at radius 1 is 1.37 bits per heavy atom. The molecule has 19 heavy (non-hydrogen) atoms. The van der Waals surface area contributed by atoms with Crippen LogP contribution in [0.25, 0.3) is 11.3 Å². The van der Waals surface area contributed by atoms with Crippen LogP contribution in [0, 0.1) is 0 Å². The molecule has 0 aliphatic rings. The fraction of sp³-hybridized carbons (Fsp3) is 0.231. The molecule has 0 fully saturated rings. The number of aromatic nitrogens is 1. The maximum Gasteiger partial charge on any atom is 0.304 e. The van der Waals surface area contributed by atoms with Crippen molar-refractivity contribution >= 4 is 17.6 Å². The number of carboxylic acid groups (broad SMARTS) is 1. The summed E-state index contributed by atoms with van der Waals surface area (Å²) in [7, 11) is 0. The van der Waals surface area contributed by atoms with Crippen LogP contribution >= 0.6 is 11.6 Å². The molecule has 0 spiro atoms. The number of carboxylic acids is 1. The molecular formula is C13H13ClN2O3. The molecule has 2 N–H and O–H groups in total. The van der Waals surface area contributed by atoms with E-state index >= 15 is 0 Å². The summed E-state index contributed by atoms with van der Waals surface area (Å²) in [5.74, 6) is 0.351. The van der Waals surface area contributed by atoms with Crippen molar-refractivity contribution < 1.29 is 14.3 Å². The third-order valence-corrected chi connectivity index (χ3v) is 2.73. The second-order valence-corrected chi connectivity index (χ2v) is 4.38. The number of nitrogens with one attached hydrogen (secondary N) is 1. The molecular weight excluding hydrogens is 268 g/mol. The Kier molecular flexibility index (Phi) is 4.54. The Labute approximate surface area is 115 Å². The van der Waals surface area contributed by atoms with E-state index in [9.17, 15) is 4.79 Å². The molecule has 2 rings (SSSR count). The van der Waals surface area contributed by atoms with E-state index in [0.29, 0.717) is 29.8 Å². The quantitative estimate of drug-likeness (QED) is 0.796. The Morgan fingerprint density at radius 2 is 2.11 bits per heavy atom. The molecule has 0 radical (unpaired) electrons. The van der Waals surface area contributed by atoms with Crippen LogP contribution in [0.5, 0.6) is 0 Å². The van der Waals surface area contributed by atoms with Gasteiger partial charge in [0.25, 0.3) is 0 Å². The van der Waals surface area contributed by atoms with Gasteiger partial charge in [-0.3, -0.25) is 4.79 Å². The van der Waals surface area contributed by atoms with Gasteiger partial charge in [0, 0.05) is 17.1 Å². The van der Waals surface area contributed by atoms with Crippen molar-refractivity contribution in [3.05, 3.63) is 41.4 Å². The maximum absolute atomic E-state index is 10.3. The van der Waals surface area contributed by atoms with Gasteiger partial charge < -0.3 is 14.8 Å². The highest BCUT2D eigenvalue weighted by Gasteiger charge is 2.06. The van der Waals surface area contributed by atoms with Crippen LogP contribution in [-0.2, 0) is 11.3 Å². The number of oxazole rings is 1. The first-order valence-corrected chi connectivity index (χ1v) is 6.16. The highest BCUT2D eigenvalue weighted by molar-refractivity contribution is 6.30. The molecule has 0 aliphatic carbocycles. The fourth-order valence-electron chi connectivity index (χ4n) is 1.53. The number of benzene rings is 1. The van der Waals surface area contributed by atoms with Crippen LogP contribution in [0.15, 0.2) is 34.9 Å². The van der Waals surface area contributed by atoms with Gasteiger partial charge in [0.1, 0.15) is 0 Å². The Hall–Kier alpha value is -1.85. The minimum Gasteiger partial charge on any atom is -0.481 e. The first-order valence-electron chi connectivity index (χ1n) is 5.78. The molecule has 5 nitrogen and oxygen atoms in total. The lowest BCUT2D eigenvalue weighted by atomic mass is 10.2. The predicted octanol–water partition coefficient (Wildman–Crippen LogP) is 2.56. The van der Waals surface area contributed by atoms with Gasteiger partial charge in [-0.05, 0) is 24.3 Å². The summed E-state index contributed by atoms with van der Waals surface area (Å²) < 4.78 is 5.55. The number of carbonyl (C=O) groups is 1. The summed E-state index contributed by atoms with van der Waals surface area (Å²) in [4.78, 5) is 14.5. The van der Waals surface area contributed by atoms with Crippen LogP contribution in [-0.4, -0.2) is 22.6 Å². The zero-order valence-electron chi connectivity index (χ0n) is 10.1. The van der Waals surface area contributed by atoms with Gasteiger partial charge in [0.15, 0.2) is 5.76 Å². The van der Waals surface area contributed by atoms with Gasteiger partial charge in [-0.25, -0.2) is 4.98 Å². The van der Waals surface area contributed by atoms with E-state index < -0.39 is 5.97 Å². The summed E-state index contributed by atoms with van der Waals surface area (Å²) in [6.07, 6.45) is 1.71. The van der Waals surface area contributed by atoms with E-state index in [-0.39, 0.29) is 6.42 Å². The van der Waals surface area contributed by atoms with Crippen molar-refractivity contribution in [1.29, 1.82) is 0 Å². The number of hydrogen-bond acceptors (Lipinski definition) is 4. The monoisotopic (exact) mass is 280 g/mol. The number of hydrogen-bond donors (Lipinski definition) is 2. The van der Waals surface area contributed by atoms with E-state index in [1.807, 2.05) is 12.1 Å². The van der Waals surface area contributed by atoms with Crippen molar-refractivity contribution in [2.45, 2.75) is 13.0 Å². The lowest BCUT2D eigenvalue weighted by molar-refractivity contribution is -0.136. The molecule has 100 valence electrons. The van der Waals surface area contributed by atoms with Crippen molar-refractivity contribution in [2.75, 3.05) is 6.54 Å². The molecule has 0 atom stereocenters. The standard InChI is InChI=1S/C13H13ClN2O3/c14-10-3-1-9(2-4-10)11-7-16-12(19-11)8-15-6-5-13(17)18/h1-4,7,15H,5-6,8H2,(H,17,18). The molecule has 0 bridgehead atoms. The molecule has 0 saturated carbocycles. The van der Waals surface area contributed by atoms with Crippen molar-refractivity contribution in [2.24, 2.45) is 0 Å².